The molecule has 0 spiro atoms. The van der Waals surface area contributed by atoms with Gasteiger partial charge in [0, 0.05) is 24.7 Å². The second kappa shape index (κ2) is 9.65. The first-order valence-corrected chi connectivity index (χ1v) is 9.97. The summed E-state index contributed by atoms with van der Waals surface area (Å²) in [5, 5.41) is 0. The number of sulfonamides is 1. The van der Waals surface area contributed by atoms with Crippen LogP contribution < -0.4 is 10.9 Å². The zero-order chi connectivity index (χ0) is 19.9. The Bertz CT molecular complexity index is 730. The van der Waals surface area contributed by atoms with Gasteiger partial charge in [0.25, 0.3) is 11.8 Å². The Balaban J connectivity index is 2.82. The molecule has 1 aromatic carbocycles. The minimum absolute atomic E-state index is 0.0414. The lowest BCUT2D eigenvalue weighted by Crippen LogP contribution is -2.46. The maximum atomic E-state index is 12.5. The highest BCUT2D eigenvalue weighted by atomic mass is 32.2. The molecule has 1 aromatic rings. The van der Waals surface area contributed by atoms with Crippen molar-refractivity contribution in [3.05, 3.63) is 29.8 Å². The Morgan fingerprint density at radius 3 is 2.27 bits per heavy atom. The number of nitrogens with one attached hydrogen (secondary N) is 2. The number of hydrogen-bond acceptors (Lipinski definition) is 5. The smallest absolute Gasteiger partial charge is 0.269 e. The monoisotopic (exact) mass is 384 g/mol. The van der Waals surface area contributed by atoms with Gasteiger partial charge < -0.3 is 0 Å². The molecule has 0 bridgehead atoms. The Hall–Kier alpha value is -1.97. The van der Waals surface area contributed by atoms with E-state index in [1.165, 1.54) is 28.6 Å². The van der Waals surface area contributed by atoms with E-state index in [1.807, 2.05) is 18.7 Å². The molecular weight excluding hydrogens is 356 g/mol. The van der Waals surface area contributed by atoms with E-state index in [0.29, 0.717) is 13.1 Å². The van der Waals surface area contributed by atoms with E-state index in [4.69, 9.17) is 0 Å². The summed E-state index contributed by atoms with van der Waals surface area (Å²) in [5.41, 5.74) is 4.78. The van der Waals surface area contributed by atoms with E-state index in [0.717, 1.165) is 0 Å². The van der Waals surface area contributed by atoms with Crippen molar-refractivity contribution >= 4 is 21.8 Å². The predicted molar refractivity (Wildman–Crippen MR) is 99.9 cm³/mol. The lowest BCUT2D eigenvalue weighted by Gasteiger charge is -2.20. The van der Waals surface area contributed by atoms with Crippen LogP contribution in [0.15, 0.2) is 29.2 Å². The third kappa shape index (κ3) is 5.79. The number of hydrogen-bond donors (Lipinski definition) is 2. The van der Waals surface area contributed by atoms with Crippen molar-refractivity contribution in [1.82, 2.24) is 20.1 Å². The number of carbonyl (C=O) groups excluding carboxylic acids is 2. The summed E-state index contributed by atoms with van der Waals surface area (Å²) >= 11 is 0. The van der Waals surface area contributed by atoms with E-state index in [9.17, 15) is 18.0 Å². The third-order valence-electron chi connectivity index (χ3n) is 4.03. The summed E-state index contributed by atoms with van der Waals surface area (Å²) in [6.45, 7) is 8.22. The summed E-state index contributed by atoms with van der Waals surface area (Å²) < 4.78 is 26.4. The third-order valence-corrected chi connectivity index (χ3v) is 6.08. The number of rotatable bonds is 8. The first-order valence-electron chi connectivity index (χ1n) is 8.53. The number of nitrogens with zero attached hydrogens (tertiary/aromatic N) is 2. The number of amides is 2. The zero-order valence-corrected chi connectivity index (χ0v) is 16.8. The fourth-order valence-electron chi connectivity index (χ4n) is 2.16. The fraction of sp³-hybridized carbons (Fsp3) is 0.529. The Morgan fingerprint density at radius 1 is 1.12 bits per heavy atom. The lowest BCUT2D eigenvalue weighted by atomic mass is 10.2. The van der Waals surface area contributed by atoms with Crippen molar-refractivity contribution in [2.45, 2.75) is 38.6 Å². The minimum Gasteiger partial charge on any atom is -0.295 e. The van der Waals surface area contributed by atoms with Crippen LogP contribution in [0.5, 0.6) is 0 Å². The van der Waals surface area contributed by atoms with Gasteiger partial charge in [0.05, 0.1) is 11.4 Å². The molecule has 0 unspecified atom stereocenters. The topological polar surface area (TPSA) is 98.8 Å². The summed E-state index contributed by atoms with van der Waals surface area (Å²) in [7, 11) is -1.86. The molecule has 2 amide bonds. The van der Waals surface area contributed by atoms with Gasteiger partial charge in [-0.25, -0.2) is 8.42 Å². The second-order valence-corrected chi connectivity index (χ2v) is 8.07. The molecule has 146 valence electrons. The van der Waals surface area contributed by atoms with Gasteiger partial charge in [-0.2, -0.15) is 4.31 Å². The van der Waals surface area contributed by atoms with Crippen LogP contribution in [0, 0.1) is 0 Å². The Kier molecular flexibility index (Phi) is 8.19. The molecule has 26 heavy (non-hydrogen) atoms. The quantitative estimate of drug-likeness (QED) is 0.647. The van der Waals surface area contributed by atoms with E-state index < -0.39 is 15.9 Å². The molecule has 0 aliphatic carbocycles. The van der Waals surface area contributed by atoms with Crippen LogP contribution in [-0.2, 0) is 14.8 Å². The molecule has 0 aliphatic rings. The van der Waals surface area contributed by atoms with Gasteiger partial charge in [0.15, 0.2) is 0 Å². The Labute approximate surface area is 155 Å². The first kappa shape index (κ1) is 22.1. The Morgan fingerprint density at radius 2 is 1.73 bits per heavy atom. The van der Waals surface area contributed by atoms with E-state index in [1.54, 1.807) is 20.9 Å². The maximum absolute atomic E-state index is 12.5. The summed E-state index contributed by atoms with van der Waals surface area (Å²) in [6, 6.07) is 5.93. The number of carbonyl (C=O) groups is 2. The molecule has 1 rings (SSSR count). The highest BCUT2D eigenvalue weighted by Gasteiger charge is 2.22. The maximum Gasteiger partial charge on any atom is 0.269 e. The van der Waals surface area contributed by atoms with Gasteiger partial charge in [-0.1, -0.05) is 19.9 Å². The van der Waals surface area contributed by atoms with Crippen LogP contribution >= 0.6 is 0 Å². The lowest BCUT2D eigenvalue weighted by molar-refractivity contribution is -0.123. The molecule has 0 saturated carbocycles. The molecule has 0 atom stereocenters. The number of benzene rings is 1. The number of likely N-dealkylation sites (N-methyl/N-ethyl adjacent to an activating group) is 1. The molecular formula is C17H28N4O4S. The fourth-order valence-corrected chi connectivity index (χ4v) is 3.66. The van der Waals surface area contributed by atoms with E-state index in [2.05, 4.69) is 10.9 Å². The van der Waals surface area contributed by atoms with Crippen molar-refractivity contribution in [3.63, 3.8) is 0 Å². The van der Waals surface area contributed by atoms with Gasteiger partial charge in [-0.05, 0) is 39.1 Å². The van der Waals surface area contributed by atoms with Crippen molar-refractivity contribution in [2.75, 3.05) is 26.7 Å². The number of hydrazine groups is 1. The van der Waals surface area contributed by atoms with Crippen molar-refractivity contribution < 1.29 is 18.0 Å². The van der Waals surface area contributed by atoms with Gasteiger partial charge >= 0.3 is 0 Å². The second-order valence-electron chi connectivity index (χ2n) is 6.13. The van der Waals surface area contributed by atoms with E-state index >= 15 is 0 Å². The molecule has 0 radical (unpaired) electrons. The first-order chi connectivity index (χ1) is 12.1. The van der Waals surface area contributed by atoms with Gasteiger partial charge in [-0.3, -0.25) is 25.3 Å². The van der Waals surface area contributed by atoms with Crippen molar-refractivity contribution in [1.29, 1.82) is 0 Å². The highest BCUT2D eigenvalue weighted by Crippen LogP contribution is 2.16. The van der Waals surface area contributed by atoms with Crippen LogP contribution in [0.25, 0.3) is 0 Å². The SMILES string of the molecule is CCN(CC)S(=O)(=O)c1cccc(C(=O)NNC(=O)CN(C)C(C)C)c1. The molecule has 0 fully saturated rings. The minimum atomic E-state index is -3.65. The average Bonchev–Trinajstić information content (AvgIpc) is 2.60. The van der Waals surface area contributed by atoms with Crippen LogP contribution in [0.1, 0.15) is 38.1 Å². The van der Waals surface area contributed by atoms with Crippen LogP contribution in [0.3, 0.4) is 0 Å². The summed E-state index contributed by atoms with van der Waals surface area (Å²) in [5.74, 6) is -0.941. The molecule has 0 saturated heterocycles. The molecule has 2 N–H and O–H groups in total. The molecule has 0 aliphatic heterocycles. The van der Waals surface area contributed by atoms with Gasteiger partial charge in [0.2, 0.25) is 10.0 Å². The molecule has 9 heteroatoms. The van der Waals surface area contributed by atoms with Crippen LogP contribution in [0.4, 0.5) is 0 Å². The van der Waals surface area contributed by atoms with E-state index in [-0.39, 0.29) is 29.0 Å². The van der Waals surface area contributed by atoms with Crippen molar-refractivity contribution in [3.8, 4) is 0 Å². The normalized spacial score (nSPS) is 11.8. The summed E-state index contributed by atoms with van der Waals surface area (Å²) in [6.07, 6.45) is 0. The van der Waals surface area contributed by atoms with Gasteiger partial charge in [-0.15, -0.1) is 0 Å². The highest BCUT2D eigenvalue weighted by molar-refractivity contribution is 7.89. The predicted octanol–water partition coefficient (Wildman–Crippen LogP) is 0.818. The zero-order valence-electron chi connectivity index (χ0n) is 15.9. The summed E-state index contributed by atoms with van der Waals surface area (Å²) in [4.78, 5) is 25.9. The largest absolute Gasteiger partial charge is 0.295 e. The molecule has 0 aromatic heterocycles. The van der Waals surface area contributed by atoms with Gasteiger partial charge in [0.1, 0.15) is 0 Å². The van der Waals surface area contributed by atoms with Crippen LogP contribution in [0.2, 0.25) is 0 Å². The standard InChI is InChI=1S/C17H28N4O4S/c1-6-21(7-2)26(24,25)15-10-8-9-14(11-15)17(23)19-18-16(22)12-20(5)13(3)4/h8-11,13H,6-7,12H2,1-5H3,(H,18,22)(H,19,23). The molecule has 8 nitrogen and oxygen atoms in total. The average molecular weight is 385 g/mol. The van der Waals surface area contributed by atoms with Crippen LogP contribution in [-0.4, -0.2) is 62.2 Å². The molecule has 0 heterocycles. The van der Waals surface area contributed by atoms with Crippen molar-refractivity contribution in [2.24, 2.45) is 0 Å².